The second kappa shape index (κ2) is 12.3. The highest BCUT2D eigenvalue weighted by atomic mass is 32.2. The zero-order valence-corrected chi connectivity index (χ0v) is 23.2. The van der Waals surface area contributed by atoms with Gasteiger partial charge in [0.1, 0.15) is 0 Å². The van der Waals surface area contributed by atoms with E-state index < -0.39 is 102 Å². The topological polar surface area (TPSA) is 65.1 Å². The molecular weight excluding hydrogens is 681 g/mol. The van der Waals surface area contributed by atoms with Crippen LogP contribution < -0.4 is 0 Å². The van der Waals surface area contributed by atoms with Crippen LogP contribution >= 0.6 is 0 Å². The van der Waals surface area contributed by atoms with Crippen molar-refractivity contribution in [2.24, 2.45) is 0 Å². The molecule has 0 aromatic carbocycles. The van der Waals surface area contributed by atoms with Crippen LogP contribution in [-0.2, 0) is 23.3 Å². The zero-order valence-electron chi connectivity index (χ0n) is 21.4. The maximum absolute atomic E-state index is 14.5. The fourth-order valence-electron chi connectivity index (χ4n) is 3.10. The average molecular weight is 703 g/mol. The lowest BCUT2D eigenvalue weighted by molar-refractivity contribution is -0.458. The van der Waals surface area contributed by atoms with Crippen LogP contribution in [0.5, 0.6) is 0 Å². The molecule has 6 nitrogen and oxygen atoms in total. The molecule has 0 rings (SSSR count). The molecule has 0 N–H and O–H groups in total. The summed E-state index contributed by atoms with van der Waals surface area (Å²) in [5.41, 5.74) is 0. The van der Waals surface area contributed by atoms with Gasteiger partial charge in [0, 0.05) is 40.5 Å². The lowest BCUT2D eigenvalue weighted by Crippen LogP contribution is -2.75. The van der Waals surface area contributed by atoms with E-state index >= 15 is 0 Å². The molecule has 25 heteroatoms. The molecule has 0 aromatic rings. The first kappa shape index (κ1) is 40.8. The molecule has 0 aliphatic heterocycles. The predicted molar refractivity (Wildman–Crippen MR) is 108 cm³/mol. The maximum Gasteiger partial charge on any atom is 0.500 e. The van der Waals surface area contributed by atoms with Gasteiger partial charge in [-0.3, -0.25) is 0 Å². The summed E-state index contributed by atoms with van der Waals surface area (Å²) in [6.45, 7) is -1.60. The monoisotopic (exact) mass is 703 g/mol. The SMILES string of the molecule is CCCN(CCC[Si](OC)(OC)OC)S(=O)(=O)C(F)(F)C(F)(F)C(F)(F)C(F)(F)C(F)(F)C(F)(F)C(F)(F)C(F)(F)F. The van der Waals surface area contributed by atoms with E-state index in [1.807, 2.05) is 0 Å². The molecule has 0 amide bonds. The van der Waals surface area contributed by atoms with E-state index in [1.165, 1.54) is 0 Å². The van der Waals surface area contributed by atoms with Crippen LogP contribution in [0.4, 0.5) is 74.6 Å². The van der Waals surface area contributed by atoms with Crippen LogP contribution in [0.3, 0.4) is 0 Å². The van der Waals surface area contributed by atoms with Crippen molar-refractivity contribution < 1.29 is 96.3 Å². The number of rotatable bonds is 17. The second-order valence-corrected chi connectivity index (χ2v) is 13.3. The minimum atomic E-state index is -8.88. The van der Waals surface area contributed by atoms with Gasteiger partial charge < -0.3 is 13.3 Å². The molecule has 0 fully saturated rings. The van der Waals surface area contributed by atoms with Gasteiger partial charge >= 0.3 is 55.8 Å². The summed E-state index contributed by atoms with van der Waals surface area (Å²) >= 11 is 0. The Morgan fingerprint density at radius 3 is 1.21 bits per heavy atom. The number of alkyl halides is 17. The minimum Gasteiger partial charge on any atom is -0.377 e. The molecule has 0 aliphatic carbocycles. The zero-order chi connectivity index (χ0) is 34.2. The summed E-state index contributed by atoms with van der Waals surface area (Å²) in [6.07, 6.45) is -9.19. The molecule has 0 unspecified atom stereocenters. The first-order chi connectivity index (χ1) is 18.3. The largest absolute Gasteiger partial charge is 0.500 e. The summed E-state index contributed by atoms with van der Waals surface area (Å²) in [5, 5.41) is -7.60. The van der Waals surface area contributed by atoms with Crippen LogP contribution in [0.25, 0.3) is 0 Å². The van der Waals surface area contributed by atoms with Crippen molar-refractivity contribution in [1.82, 2.24) is 4.31 Å². The Hall–Kier alpha value is -1.18. The van der Waals surface area contributed by atoms with Gasteiger partial charge in [0.2, 0.25) is 0 Å². The van der Waals surface area contributed by atoms with E-state index in [9.17, 15) is 83.1 Å². The van der Waals surface area contributed by atoms with Crippen molar-refractivity contribution in [3.63, 3.8) is 0 Å². The summed E-state index contributed by atoms with van der Waals surface area (Å²) in [5.74, 6) is -51.8. The number of hydrogen-bond donors (Lipinski definition) is 0. The molecule has 0 bridgehead atoms. The average Bonchev–Trinajstić information content (AvgIpc) is 2.84. The molecule has 0 saturated carbocycles. The third kappa shape index (κ3) is 6.05. The smallest absolute Gasteiger partial charge is 0.377 e. The molecule has 0 atom stereocenters. The van der Waals surface area contributed by atoms with E-state index in [4.69, 9.17) is 13.3 Å². The van der Waals surface area contributed by atoms with Crippen molar-refractivity contribution in [3.05, 3.63) is 0 Å². The normalized spacial score (nSPS) is 16.0. The highest BCUT2D eigenvalue weighted by Crippen LogP contribution is 2.64. The molecular formula is C17H22F17NO5SSi. The van der Waals surface area contributed by atoms with Crippen LogP contribution in [0.2, 0.25) is 6.04 Å². The van der Waals surface area contributed by atoms with Crippen molar-refractivity contribution in [3.8, 4) is 0 Å². The van der Waals surface area contributed by atoms with Crippen molar-refractivity contribution in [1.29, 1.82) is 0 Å². The highest BCUT2D eigenvalue weighted by molar-refractivity contribution is 7.90. The predicted octanol–water partition coefficient (Wildman–Crippen LogP) is 6.26. The summed E-state index contributed by atoms with van der Waals surface area (Å²) < 4.78 is 268. The highest BCUT2D eigenvalue weighted by Gasteiger charge is 2.96. The Bertz CT molecular complexity index is 1010. The summed E-state index contributed by atoms with van der Waals surface area (Å²) in [6, 6.07) is -0.489. The lowest BCUT2D eigenvalue weighted by atomic mass is 9.91. The fourth-order valence-corrected chi connectivity index (χ4v) is 6.38. The van der Waals surface area contributed by atoms with Gasteiger partial charge in [-0.15, -0.1) is 0 Å². The van der Waals surface area contributed by atoms with Gasteiger partial charge in [-0.2, -0.15) is 78.9 Å². The lowest BCUT2D eigenvalue weighted by Gasteiger charge is -2.43. The third-order valence-electron chi connectivity index (χ3n) is 5.65. The number of hydrogen-bond acceptors (Lipinski definition) is 5. The first-order valence-electron chi connectivity index (χ1n) is 10.7. The molecule has 0 heterocycles. The van der Waals surface area contributed by atoms with E-state index in [0.29, 0.717) is 0 Å². The van der Waals surface area contributed by atoms with Gasteiger partial charge in [0.25, 0.3) is 10.0 Å². The maximum atomic E-state index is 14.5. The van der Waals surface area contributed by atoms with Crippen molar-refractivity contribution >= 4 is 18.8 Å². The Morgan fingerprint density at radius 2 is 0.905 bits per heavy atom. The van der Waals surface area contributed by atoms with Crippen molar-refractivity contribution in [2.75, 3.05) is 34.4 Å². The van der Waals surface area contributed by atoms with Crippen LogP contribution in [0, 0.1) is 0 Å². The third-order valence-corrected chi connectivity index (χ3v) is 10.4. The fraction of sp³-hybridized carbons (Fsp3) is 1.00. The van der Waals surface area contributed by atoms with E-state index in [-0.39, 0.29) is 0 Å². The van der Waals surface area contributed by atoms with Crippen molar-refractivity contribution in [2.45, 2.75) is 72.8 Å². The summed E-state index contributed by atoms with van der Waals surface area (Å²) in [4.78, 5) is 0. The number of halogens is 17. The number of sulfonamides is 1. The second-order valence-electron chi connectivity index (χ2n) is 8.26. The van der Waals surface area contributed by atoms with Gasteiger partial charge in [-0.05, 0) is 12.8 Å². The quantitative estimate of drug-likeness (QED) is 0.132. The Balaban J connectivity index is 6.85. The molecule has 0 saturated heterocycles. The van der Waals surface area contributed by atoms with Gasteiger partial charge in [-0.1, -0.05) is 6.92 Å². The van der Waals surface area contributed by atoms with Gasteiger partial charge in [-0.25, -0.2) is 8.42 Å². The number of nitrogens with zero attached hydrogens (tertiary/aromatic N) is 1. The molecule has 254 valence electrons. The molecule has 0 radical (unpaired) electrons. The van der Waals surface area contributed by atoms with Crippen LogP contribution in [0.15, 0.2) is 0 Å². The molecule has 0 aliphatic rings. The minimum absolute atomic E-state index is 0.489. The van der Waals surface area contributed by atoms with E-state index in [2.05, 4.69) is 0 Å². The van der Waals surface area contributed by atoms with E-state index in [0.717, 1.165) is 28.3 Å². The van der Waals surface area contributed by atoms with Gasteiger partial charge in [0.15, 0.2) is 0 Å². The standard InChI is InChI=1S/C17H22F17NO5SSi/c1-5-7-35(8-6-9-42(38-2,39-3)40-4)41(36,37)17(33,34)15(28,29)13(24,25)11(20,21)10(18,19)12(22,23)14(26,27)16(30,31)32/h5-9H2,1-4H3. The van der Waals surface area contributed by atoms with Gasteiger partial charge in [0.05, 0.1) is 0 Å². The molecule has 0 aromatic heterocycles. The Morgan fingerprint density at radius 1 is 0.571 bits per heavy atom. The Kier molecular flexibility index (Phi) is 12.0. The first-order valence-corrected chi connectivity index (χ1v) is 14.1. The van der Waals surface area contributed by atoms with E-state index in [1.54, 1.807) is 0 Å². The summed E-state index contributed by atoms with van der Waals surface area (Å²) in [7, 11) is -8.01. The Labute approximate surface area is 227 Å². The molecule has 42 heavy (non-hydrogen) atoms. The molecule has 0 spiro atoms. The van der Waals surface area contributed by atoms with Crippen LogP contribution in [0.1, 0.15) is 19.8 Å². The van der Waals surface area contributed by atoms with Crippen LogP contribution in [-0.4, -0.2) is 103 Å².